The maximum Gasteiger partial charge on any atom is 0.434 e. The van der Waals surface area contributed by atoms with Gasteiger partial charge in [-0.25, -0.2) is 8.42 Å². The highest BCUT2D eigenvalue weighted by Crippen LogP contribution is 2.36. The van der Waals surface area contributed by atoms with Gasteiger partial charge in [-0.05, 0) is 40.2 Å². The number of aromatic nitrogens is 2. The Balaban J connectivity index is 1.77. The fraction of sp³-hybridized carbons (Fsp3) is 0.375. The summed E-state index contributed by atoms with van der Waals surface area (Å²) in [5.74, 6) is -0.869. The summed E-state index contributed by atoms with van der Waals surface area (Å²) in [5, 5.41) is 6.02. The summed E-state index contributed by atoms with van der Waals surface area (Å²) >= 11 is 2.77. The topological polar surface area (TPSA) is 93.5 Å². The molecule has 2 heterocycles. The summed E-state index contributed by atoms with van der Waals surface area (Å²) in [6, 6.07) is 5.34. The molecule has 0 saturated carbocycles. The van der Waals surface area contributed by atoms with Crippen molar-refractivity contribution in [3.05, 3.63) is 40.1 Å². The van der Waals surface area contributed by atoms with Crippen molar-refractivity contribution < 1.29 is 31.1 Å². The smallest absolute Gasteiger partial charge is 0.379 e. The number of halogens is 4. The molecule has 1 aromatic carbocycles. The Morgan fingerprint density at radius 3 is 2.31 bits per heavy atom. The number of amides is 1. The molecule has 0 spiro atoms. The van der Waals surface area contributed by atoms with Gasteiger partial charge in [-0.2, -0.15) is 22.6 Å². The van der Waals surface area contributed by atoms with E-state index in [0.717, 1.165) is 7.05 Å². The minimum atomic E-state index is -4.69. The lowest BCUT2D eigenvalue weighted by Gasteiger charge is -2.26. The van der Waals surface area contributed by atoms with Gasteiger partial charge < -0.3 is 10.1 Å². The van der Waals surface area contributed by atoms with Gasteiger partial charge >= 0.3 is 6.18 Å². The summed E-state index contributed by atoms with van der Waals surface area (Å²) in [4.78, 5) is 12.4. The molecule has 3 rings (SSSR count). The molecular formula is C16H16BrF3N4O4S. The van der Waals surface area contributed by atoms with Crippen LogP contribution in [0.3, 0.4) is 0 Å². The lowest BCUT2D eigenvalue weighted by Crippen LogP contribution is -2.40. The van der Waals surface area contributed by atoms with Crippen LogP contribution in [-0.2, 0) is 28.0 Å². The number of nitrogens with one attached hydrogen (secondary N) is 1. The van der Waals surface area contributed by atoms with Crippen molar-refractivity contribution in [3.63, 3.8) is 0 Å². The highest BCUT2D eigenvalue weighted by Gasteiger charge is 2.39. The van der Waals surface area contributed by atoms with Crippen molar-refractivity contribution in [2.75, 3.05) is 31.6 Å². The summed E-state index contributed by atoms with van der Waals surface area (Å²) < 4.78 is 70.8. The van der Waals surface area contributed by atoms with Gasteiger partial charge in [0.2, 0.25) is 10.0 Å². The van der Waals surface area contributed by atoms with Crippen LogP contribution >= 0.6 is 15.9 Å². The third-order valence-electron chi connectivity index (χ3n) is 4.19. The SMILES string of the molecule is Cn1nc(C(=O)Nc2ccc(S(=O)(=O)N3CCOCC3)cc2)c(Br)c1C(F)(F)F. The second-order valence-electron chi connectivity index (χ2n) is 6.13. The van der Waals surface area contributed by atoms with Gasteiger partial charge in [-0.3, -0.25) is 9.48 Å². The molecule has 1 fully saturated rings. The van der Waals surface area contributed by atoms with Gasteiger partial charge in [-0.1, -0.05) is 0 Å². The van der Waals surface area contributed by atoms with Crippen LogP contribution in [0.15, 0.2) is 33.6 Å². The zero-order valence-corrected chi connectivity index (χ0v) is 17.4. The highest BCUT2D eigenvalue weighted by molar-refractivity contribution is 9.10. The Morgan fingerprint density at radius 2 is 1.79 bits per heavy atom. The van der Waals surface area contributed by atoms with E-state index < -0.39 is 38.0 Å². The van der Waals surface area contributed by atoms with E-state index in [2.05, 4.69) is 26.3 Å². The van der Waals surface area contributed by atoms with Gasteiger partial charge in [0.15, 0.2) is 11.4 Å². The summed E-state index contributed by atoms with van der Waals surface area (Å²) in [7, 11) is -2.61. The average molecular weight is 497 g/mol. The van der Waals surface area contributed by atoms with Crippen LogP contribution in [0.4, 0.5) is 18.9 Å². The molecule has 0 aliphatic carbocycles. The third kappa shape index (κ3) is 4.47. The van der Waals surface area contributed by atoms with E-state index in [1.807, 2.05) is 0 Å². The quantitative estimate of drug-likeness (QED) is 0.701. The number of carbonyl (C=O) groups is 1. The number of morpholine rings is 1. The standard InChI is InChI=1S/C16H16BrF3N4O4S/c1-23-14(16(18,19)20)12(17)13(22-23)15(25)21-10-2-4-11(5-3-10)29(26,27)24-6-8-28-9-7-24/h2-5H,6-9H2,1H3,(H,21,25). The molecule has 1 aliphatic rings. The van der Waals surface area contributed by atoms with Crippen LogP contribution in [0.25, 0.3) is 0 Å². The van der Waals surface area contributed by atoms with E-state index in [9.17, 15) is 26.4 Å². The average Bonchev–Trinajstić information content (AvgIpc) is 2.97. The number of nitrogens with zero attached hydrogens (tertiary/aromatic N) is 3. The molecule has 2 aromatic rings. The fourth-order valence-electron chi connectivity index (χ4n) is 2.79. The van der Waals surface area contributed by atoms with Crippen molar-refractivity contribution in [2.24, 2.45) is 7.05 Å². The number of anilines is 1. The van der Waals surface area contributed by atoms with Gasteiger partial charge in [0.25, 0.3) is 5.91 Å². The van der Waals surface area contributed by atoms with Crippen LogP contribution in [0, 0.1) is 0 Å². The van der Waals surface area contributed by atoms with E-state index >= 15 is 0 Å². The lowest BCUT2D eigenvalue weighted by molar-refractivity contribution is -0.144. The fourth-order valence-corrected chi connectivity index (χ4v) is 4.94. The number of ether oxygens (including phenoxy) is 1. The first-order valence-electron chi connectivity index (χ1n) is 8.31. The number of benzene rings is 1. The molecule has 0 bridgehead atoms. The molecular weight excluding hydrogens is 481 g/mol. The molecule has 1 aromatic heterocycles. The minimum absolute atomic E-state index is 0.0378. The number of alkyl halides is 3. The Morgan fingerprint density at radius 1 is 1.21 bits per heavy atom. The minimum Gasteiger partial charge on any atom is -0.379 e. The number of sulfonamides is 1. The molecule has 1 amide bonds. The van der Waals surface area contributed by atoms with Crippen molar-refractivity contribution in [1.82, 2.24) is 14.1 Å². The molecule has 0 radical (unpaired) electrons. The molecule has 8 nitrogen and oxygen atoms in total. The van der Waals surface area contributed by atoms with E-state index in [1.165, 1.54) is 28.6 Å². The molecule has 13 heteroatoms. The van der Waals surface area contributed by atoms with Gasteiger partial charge in [0, 0.05) is 25.8 Å². The van der Waals surface area contributed by atoms with E-state index in [4.69, 9.17) is 4.74 Å². The van der Waals surface area contributed by atoms with E-state index in [0.29, 0.717) is 17.9 Å². The second kappa shape index (κ2) is 8.05. The number of rotatable bonds is 4. The first-order chi connectivity index (χ1) is 13.5. The summed E-state index contributed by atoms with van der Waals surface area (Å²) in [6.45, 7) is 1.12. The van der Waals surface area contributed by atoms with Crippen molar-refractivity contribution in [1.29, 1.82) is 0 Å². The number of carbonyl (C=O) groups excluding carboxylic acids is 1. The molecule has 0 atom stereocenters. The van der Waals surface area contributed by atoms with E-state index in [-0.39, 0.29) is 23.7 Å². The number of hydrogen-bond donors (Lipinski definition) is 1. The van der Waals surface area contributed by atoms with E-state index in [1.54, 1.807) is 0 Å². The lowest BCUT2D eigenvalue weighted by atomic mass is 10.3. The van der Waals surface area contributed by atoms with Gasteiger partial charge in [0.1, 0.15) is 0 Å². The molecule has 29 heavy (non-hydrogen) atoms. The second-order valence-corrected chi connectivity index (χ2v) is 8.86. The highest BCUT2D eigenvalue weighted by atomic mass is 79.9. The zero-order valence-electron chi connectivity index (χ0n) is 15.0. The molecule has 1 saturated heterocycles. The van der Waals surface area contributed by atoms with Crippen LogP contribution in [0.1, 0.15) is 16.2 Å². The zero-order chi connectivity index (χ0) is 21.4. The Hall–Kier alpha value is -1.96. The Labute approximate surface area is 172 Å². The van der Waals surface area contributed by atoms with Crippen LogP contribution < -0.4 is 5.32 Å². The number of aryl methyl sites for hydroxylation is 1. The largest absolute Gasteiger partial charge is 0.434 e. The number of hydrogen-bond acceptors (Lipinski definition) is 5. The molecule has 1 aliphatic heterocycles. The molecule has 158 valence electrons. The predicted molar refractivity (Wildman–Crippen MR) is 99.9 cm³/mol. The van der Waals surface area contributed by atoms with Crippen LogP contribution in [-0.4, -0.2) is 54.7 Å². The van der Waals surface area contributed by atoms with Gasteiger partial charge in [-0.15, -0.1) is 0 Å². The maximum absolute atomic E-state index is 13.0. The predicted octanol–water partition coefficient (Wildman–Crippen LogP) is 2.47. The van der Waals surface area contributed by atoms with Crippen molar-refractivity contribution in [2.45, 2.75) is 11.1 Å². The van der Waals surface area contributed by atoms with Gasteiger partial charge in [0.05, 0.1) is 22.6 Å². The first-order valence-corrected chi connectivity index (χ1v) is 10.5. The Kier molecular flexibility index (Phi) is 6.03. The summed E-state index contributed by atoms with van der Waals surface area (Å²) in [6.07, 6.45) is -4.69. The maximum atomic E-state index is 13.0. The van der Waals surface area contributed by atoms with Crippen LogP contribution in [0.2, 0.25) is 0 Å². The van der Waals surface area contributed by atoms with Crippen molar-refractivity contribution in [3.8, 4) is 0 Å². The molecule has 0 unspecified atom stereocenters. The summed E-state index contributed by atoms with van der Waals surface area (Å²) in [5.41, 5.74) is -1.32. The first kappa shape index (κ1) is 21.7. The Bertz CT molecular complexity index is 1020. The monoisotopic (exact) mass is 496 g/mol. The molecule has 1 N–H and O–H groups in total. The van der Waals surface area contributed by atoms with Crippen molar-refractivity contribution >= 4 is 37.5 Å². The third-order valence-corrected chi connectivity index (χ3v) is 6.86. The van der Waals surface area contributed by atoms with Crippen LogP contribution in [0.5, 0.6) is 0 Å². The normalized spacial score (nSPS) is 16.0.